The summed E-state index contributed by atoms with van der Waals surface area (Å²) in [7, 11) is -4.12. The summed E-state index contributed by atoms with van der Waals surface area (Å²) in [5.74, 6) is -1.20. The summed E-state index contributed by atoms with van der Waals surface area (Å²) in [5.41, 5.74) is 0.614. The molecule has 0 amide bonds. The Morgan fingerprint density at radius 2 is 2.14 bits per heavy atom. The van der Waals surface area contributed by atoms with Gasteiger partial charge in [-0.15, -0.1) is 11.3 Å². The van der Waals surface area contributed by atoms with Gasteiger partial charge in [0, 0.05) is 28.2 Å². The Hall–Kier alpha value is -2.33. The lowest BCUT2D eigenvalue weighted by molar-refractivity contribution is 0.101. The van der Waals surface area contributed by atoms with Crippen molar-refractivity contribution in [2.24, 2.45) is 11.1 Å². The summed E-state index contributed by atoms with van der Waals surface area (Å²) in [6.07, 6.45) is 1.18. The Morgan fingerprint density at radius 1 is 1.36 bits per heavy atom. The number of nitrogens with one attached hydrogen (secondary N) is 1. The molecule has 0 aliphatic heterocycles. The van der Waals surface area contributed by atoms with Crippen molar-refractivity contribution in [3.8, 4) is 0 Å². The molecule has 1 aromatic carbocycles. The zero-order chi connectivity index (χ0) is 26.0. The van der Waals surface area contributed by atoms with E-state index in [0.29, 0.717) is 21.3 Å². The number of anilines is 1. The molecule has 10 nitrogen and oxygen atoms in total. The minimum atomic E-state index is -4.12. The van der Waals surface area contributed by atoms with Crippen molar-refractivity contribution in [2.45, 2.75) is 31.1 Å². The first-order valence-corrected chi connectivity index (χ1v) is 13.8. The Bertz CT molecular complexity index is 1370. The molecule has 1 fully saturated rings. The van der Waals surface area contributed by atoms with Gasteiger partial charge < -0.3 is 15.5 Å². The Morgan fingerprint density at radius 3 is 2.89 bits per heavy atom. The highest BCUT2D eigenvalue weighted by Crippen LogP contribution is 2.33. The van der Waals surface area contributed by atoms with Gasteiger partial charge in [-0.1, -0.05) is 15.9 Å². The molecule has 0 spiro atoms. The first-order chi connectivity index (χ1) is 17.0. The Labute approximate surface area is 218 Å². The van der Waals surface area contributed by atoms with Crippen LogP contribution in [0, 0.1) is 11.7 Å². The van der Waals surface area contributed by atoms with Crippen LogP contribution in [0.2, 0.25) is 0 Å². The lowest BCUT2D eigenvalue weighted by Gasteiger charge is -2.15. The highest BCUT2D eigenvalue weighted by Gasteiger charge is 2.35. The molecule has 1 aliphatic rings. The van der Waals surface area contributed by atoms with Gasteiger partial charge in [0.25, 0.3) is 0 Å². The van der Waals surface area contributed by atoms with Crippen LogP contribution in [-0.4, -0.2) is 53.1 Å². The van der Waals surface area contributed by atoms with E-state index in [0.717, 1.165) is 11.3 Å². The van der Waals surface area contributed by atoms with Crippen LogP contribution in [0.5, 0.6) is 0 Å². The number of ketones is 1. The van der Waals surface area contributed by atoms with Crippen molar-refractivity contribution in [2.75, 3.05) is 11.9 Å². The number of rotatable bonds is 9. The van der Waals surface area contributed by atoms with Gasteiger partial charge in [-0.25, -0.2) is 19.5 Å². The van der Waals surface area contributed by atoms with E-state index in [2.05, 4.69) is 35.4 Å². The molecule has 14 heteroatoms. The summed E-state index contributed by atoms with van der Waals surface area (Å²) in [5, 5.41) is 30.5. The van der Waals surface area contributed by atoms with Gasteiger partial charge in [-0.05, 0) is 48.1 Å². The molecule has 2 heterocycles. The lowest BCUT2D eigenvalue weighted by Crippen LogP contribution is -2.24. The summed E-state index contributed by atoms with van der Waals surface area (Å²) in [4.78, 5) is 21.7. The number of halogens is 2. The highest BCUT2D eigenvalue weighted by atomic mass is 79.9. The molecule has 1 saturated carbocycles. The molecule has 0 saturated heterocycles. The van der Waals surface area contributed by atoms with Gasteiger partial charge in [0.2, 0.25) is 5.78 Å². The second kappa shape index (κ2) is 11.0. The van der Waals surface area contributed by atoms with Crippen LogP contribution in [0.25, 0.3) is 0 Å². The molecule has 4 atom stereocenters. The maximum absolute atomic E-state index is 14.2. The first kappa shape index (κ1) is 26.7. The van der Waals surface area contributed by atoms with Crippen molar-refractivity contribution in [3.05, 3.63) is 74.0 Å². The average molecular weight is 601 g/mol. The quantitative estimate of drug-likeness (QED) is 0.270. The monoisotopic (exact) mass is 600 g/mol. The van der Waals surface area contributed by atoms with Gasteiger partial charge in [0.1, 0.15) is 24.1 Å². The van der Waals surface area contributed by atoms with Crippen LogP contribution in [0.1, 0.15) is 45.3 Å². The van der Waals surface area contributed by atoms with Crippen molar-refractivity contribution >= 4 is 49.2 Å². The number of carbonyl (C=O) groups is 1. The topological polar surface area (TPSA) is 165 Å². The van der Waals surface area contributed by atoms with Crippen LogP contribution in [-0.2, 0) is 14.5 Å². The number of aromatic nitrogens is 2. The zero-order valence-corrected chi connectivity index (χ0v) is 21.8. The first-order valence-electron chi connectivity index (χ1n) is 10.7. The van der Waals surface area contributed by atoms with E-state index in [1.807, 2.05) is 0 Å². The fourth-order valence-corrected chi connectivity index (χ4v) is 5.66. The second-order valence-corrected chi connectivity index (χ2v) is 11.4. The largest absolute Gasteiger partial charge is 0.393 e. The molecule has 1 unspecified atom stereocenters. The highest BCUT2D eigenvalue weighted by molar-refractivity contribution is 9.10. The molecule has 0 radical (unpaired) electrons. The number of carbonyl (C=O) groups excluding carboxylic acids is 1. The molecule has 3 aromatic rings. The van der Waals surface area contributed by atoms with Gasteiger partial charge in [0.05, 0.1) is 23.2 Å². The fourth-order valence-electron chi connectivity index (χ4n) is 4.04. The predicted molar refractivity (Wildman–Crippen MR) is 133 cm³/mol. The summed E-state index contributed by atoms with van der Waals surface area (Å²) in [6, 6.07) is 5.43. The van der Waals surface area contributed by atoms with Crippen LogP contribution < -0.4 is 10.5 Å². The van der Waals surface area contributed by atoms with Gasteiger partial charge in [-0.2, -0.15) is 8.42 Å². The molecule has 1 aliphatic carbocycles. The SMILES string of the molecule is NS(=O)(=O)OC[C@H]1C[C@@H](Nc2ncncc2C(=O)c2cc(C(O)c3cc(Br)ccc3F)cs2)C[C@@H]1O. The average Bonchev–Trinajstić information content (AvgIpc) is 3.45. The number of nitrogens with two attached hydrogens (primary N) is 1. The van der Waals surface area contributed by atoms with E-state index in [-0.39, 0.29) is 36.0 Å². The van der Waals surface area contributed by atoms with E-state index < -0.39 is 40.0 Å². The van der Waals surface area contributed by atoms with Gasteiger partial charge in [0.15, 0.2) is 0 Å². The molecular weight excluding hydrogens is 579 g/mol. The predicted octanol–water partition coefficient (Wildman–Crippen LogP) is 2.52. The van der Waals surface area contributed by atoms with Gasteiger partial charge >= 0.3 is 10.3 Å². The third-order valence-corrected chi connectivity index (χ3v) is 7.72. The van der Waals surface area contributed by atoms with Crippen molar-refractivity contribution < 1.29 is 32.0 Å². The molecule has 0 bridgehead atoms. The number of thiophene rings is 1. The number of nitrogens with zero attached hydrogens (tertiary/aromatic N) is 2. The second-order valence-electron chi connectivity index (χ2n) is 8.34. The number of benzene rings is 1. The van der Waals surface area contributed by atoms with E-state index >= 15 is 0 Å². The number of hydrogen-bond acceptors (Lipinski definition) is 10. The number of aliphatic hydroxyl groups is 2. The van der Waals surface area contributed by atoms with Gasteiger partial charge in [-0.3, -0.25) is 8.98 Å². The van der Waals surface area contributed by atoms with Crippen LogP contribution in [0.3, 0.4) is 0 Å². The van der Waals surface area contributed by atoms with E-state index in [1.54, 1.807) is 5.38 Å². The maximum atomic E-state index is 14.2. The molecule has 5 N–H and O–H groups in total. The zero-order valence-electron chi connectivity index (χ0n) is 18.5. The molecule has 2 aromatic heterocycles. The van der Waals surface area contributed by atoms with Crippen molar-refractivity contribution in [1.29, 1.82) is 0 Å². The van der Waals surface area contributed by atoms with Crippen molar-refractivity contribution in [3.63, 3.8) is 0 Å². The van der Waals surface area contributed by atoms with E-state index in [9.17, 15) is 27.8 Å². The molecule has 36 heavy (non-hydrogen) atoms. The number of aliphatic hydroxyl groups excluding tert-OH is 2. The maximum Gasteiger partial charge on any atom is 0.333 e. The molecule has 192 valence electrons. The summed E-state index contributed by atoms with van der Waals surface area (Å²) in [6.45, 7) is -0.257. The summed E-state index contributed by atoms with van der Waals surface area (Å²) < 4.78 is 41.5. The standard InChI is InChI=1S/C22H22BrFN4O6S2/c23-13-1-2-17(24)15(5-13)20(30)12-4-19(35-9-12)21(31)16-7-26-10-27-22(16)28-14-3-11(18(29)6-14)8-34-36(25,32)33/h1-2,4-5,7,9-11,14,18,20,29-30H,3,6,8H2,(H2,25,32,33)(H,26,27,28)/t11-,14-,18+,20?/m1/s1. The normalized spacial score (nSPS) is 20.9. The Balaban J connectivity index is 1.49. The molecular formula is C22H22BrFN4O6S2. The fraction of sp³-hybridized carbons (Fsp3) is 0.318. The van der Waals surface area contributed by atoms with Crippen molar-refractivity contribution in [1.82, 2.24) is 9.97 Å². The van der Waals surface area contributed by atoms with Crippen LogP contribution in [0.4, 0.5) is 10.2 Å². The summed E-state index contributed by atoms with van der Waals surface area (Å²) >= 11 is 4.35. The van der Waals surface area contributed by atoms with E-state index in [4.69, 9.17) is 5.14 Å². The molecule has 4 rings (SSSR count). The minimum absolute atomic E-state index is 0.0762. The Kier molecular flexibility index (Phi) is 8.14. The van der Waals surface area contributed by atoms with Crippen LogP contribution >= 0.6 is 27.3 Å². The minimum Gasteiger partial charge on any atom is -0.393 e. The number of hydrogen-bond donors (Lipinski definition) is 4. The lowest BCUT2D eigenvalue weighted by atomic mass is 10.0. The third kappa shape index (κ3) is 6.32. The third-order valence-electron chi connectivity index (χ3n) is 5.81. The van der Waals surface area contributed by atoms with E-state index in [1.165, 1.54) is 36.8 Å². The smallest absolute Gasteiger partial charge is 0.333 e. The van der Waals surface area contributed by atoms with Crippen LogP contribution in [0.15, 0.2) is 46.6 Å².